The molecule has 0 radical (unpaired) electrons. The first-order valence-electron chi connectivity index (χ1n) is 4.00. The van der Waals surface area contributed by atoms with Gasteiger partial charge in [-0.15, -0.1) is 0 Å². The van der Waals surface area contributed by atoms with E-state index in [0.29, 0.717) is 5.76 Å². The molecule has 2 N–H and O–H groups in total. The van der Waals surface area contributed by atoms with Crippen molar-refractivity contribution in [2.75, 3.05) is 0 Å². The molecule has 0 aliphatic heterocycles. The van der Waals surface area contributed by atoms with E-state index in [4.69, 9.17) is 14.6 Å². The largest absolute Gasteiger partial charge is 0.469 e. The van der Waals surface area contributed by atoms with E-state index in [1.54, 1.807) is 12.1 Å². The molecule has 1 atom stereocenters. The van der Waals surface area contributed by atoms with Crippen molar-refractivity contribution in [1.29, 1.82) is 0 Å². The molecule has 1 heterocycles. The highest BCUT2D eigenvalue weighted by molar-refractivity contribution is 5.78. The molecule has 0 saturated carbocycles. The fourth-order valence-electron chi connectivity index (χ4n) is 1.10. The van der Waals surface area contributed by atoms with Crippen molar-refractivity contribution < 1.29 is 19.4 Å². The Morgan fingerprint density at radius 2 is 2.31 bits per heavy atom. The number of ketones is 1. The monoisotopic (exact) mass is 184 g/mol. The van der Waals surface area contributed by atoms with Crippen LogP contribution in [0.5, 0.6) is 0 Å². The zero-order valence-corrected chi connectivity index (χ0v) is 7.30. The maximum atomic E-state index is 10.9. The average molecular weight is 184 g/mol. The standard InChI is InChI=1S/C9H12O4/c1-6(10)8(9(11)12)5-7-3-2-4-13-7/h2-4,8-9,11-12H,5H2,1H3. The Morgan fingerprint density at radius 1 is 1.62 bits per heavy atom. The quantitative estimate of drug-likeness (QED) is 0.662. The molecule has 0 aromatic carbocycles. The zero-order chi connectivity index (χ0) is 9.84. The van der Waals surface area contributed by atoms with Gasteiger partial charge >= 0.3 is 0 Å². The Balaban J connectivity index is 2.63. The second-order valence-electron chi connectivity index (χ2n) is 2.91. The van der Waals surface area contributed by atoms with Crippen molar-refractivity contribution in [2.24, 2.45) is 5.92 Å². The molecule has 1 rings (SSSR count). The molecule has 0 bridgehead atoms. The van der Waals surface area contributed by atoms with E-state index in [0.717, 1.165) is 0 Å². The van der Waals surface area contributed by atoms with Gasteiger partial charge < -0.3 is 14.6 Å². The topological polar surface area (TPSA) is 70.7 Å². The summed E-state index contributed by atoms with van der Waals surface area (Å²) < 4.78 is 4.99. The number of carbonyl (C=O) groups excluding carboxylic acids is 1. The molecular formula is C9H12O4. The lowest BCUT2D eigenvalue weighted by atomic mass is 9.99. The molecule has 13 heavy (non-hydrogen) atoms. The van der Waals surface area contributed by atoms with E-state index >= 15 is 0 Å². The second kappa shape index (κ2) is 4.20. The number of Topliss-reactive ketones (excluding diaryl/α,β-unsaturated/α-hetero) is 1. The van der Waals surface area contributed by atoms with Gasteiger partial charge in [0.1, 0.15) is 11.5 Å². The SMILES string of the molecule is CC(=O)C(Cc1ccco1)C(O)O. The highest BCUT2D eigenvalue weighted by Gasteiger charge is 2.22. The summed E-state index contributed by atoms with van der Waals surface area (Å²) in [5.41, 5.74) is 0. The number of carbonyl (C=O) groups is 1. The summed E-state index contributed by atoms with van der Waals surface area (Å²) in [7, 11) is 0. The number of furan rings is 1. The Bertz CT molecular complexity index is 263. The summed E-state index contributed by atoms with van der Waals surface area (Å²) in [5.74, 6) is -0.481. The van der Waals surface area contributed by atoms with Gasteiger partial charge in [0.05, 0.1) is 12.2 Å². The van der Waals surface area contributed by atoms with Crippen molar-refractivity contribution in [1.82, 2.24) is 0 Å². The Kier molecular flexibility index (Phi) is 3.22. The lowest BCUT2D eigenvalue weighted by Crippen LogP contribution is -2.28. The van der Waals surface area contributed by atoms with Gasteiger partial charge in [-0.05, 0) is 19.1 Å². The van der Waals surface area contributed by atoms with E-state index in [9.17, 15) is 4.79 Å². The fourth-order valence-corrected chi connectivity index (χ4v) is 1.10. The molecule has 0 amide bonds. The van der Waals surface area contributed by atoms with Gasteiger partial charge in [-0.3, -0.25) is 4.79 Å². The number of hydrogen-bond acceptors (Lipinski definition) is 4. The first-order chi connectivity index (χ1) is 6.11. The Hall–Kier alpha value is -1.13. The van der Waals surface area contributed by atoms with E-state index in [1.807, 2.05) is 0 Å². The van der Waals surface area contributed by atoms with Crippen LogP contribution in [-0.2, 0) is 11.2 Å². The van der Waals surface area contributed by atoms with Crippen LogP contribution in [0.25, 0.3) is 0 Å². The van der Waals surface area contributed by atoms with Crippen molar-refractivity contribution >= 4 is 5.78 Å². The highest BCUT2D eigenvalue weighted by atomic mass is 16.5. The molecule has 0 aliphatic rings. The van der Waals surface area contributed by atoms with Crippen LogP contribution < -0.4 is 0 Å². The van der Waals surface area contributed by atoms with E-state index in [1.165, 1.54) is 13.2 Å². The van der Waals surface area contributed by atoms with Crippen LogP contribution in [0.1, 0.15) is 12.7 Å². The van der Waals surface area contributed by atoms with Gasteiger partial charge in [-0.25, -0.2) is 0 Å². The lowest BCUT2D eigenvalue weighted by molar-refractivity contribution is -0.137. The summed E-state index contributed by atoms with van der Waals surface area (Å²) in [6, 6.07) is 3.38. The van der Waals surface area contributed by atoms with Crippen molar-refractivity contribution in [3.05, 3.63) is 24.2 Å². The van der Waals surface area contributed by atoms with Gasteiger partial charge in [0.15, 0.2) is 6.29 Å². The third kappa shape index (κ3) is 2.68. The van der Waals surface area contributed by atoms with Crippen LogP contribution in [0.2, 0.25) is 0 Å². The minimum atomic E-state index is -1.62. The summed E-state index contributed by atoms with van der Waals surface area (Å²) in [6.45, 7) is 1.33. The summed E-state index contributed by atoms with van der Waals surface area (Å²) in [4.78, 5) is 10.9. The third-order valence-electron chi connectivity index (χ3n) is 1.88. The van der Waals surface area contributed by atoms with Crippen molar-refractivity contribution in [3.63, 3.8) is 0 Å². The molecule has 4 nitrogen and oxygen atoms in total. The number of aliphatic hydroxyl groups excluding tert-OH is 1. The normalized spacial score (nSPS) is 13.2. The first kappa shape index (κ1) is 9.95. The van der Waals surface area contributed by atoms with Crippen LogP contribution >= 0.6 is 0 Å². The molecule has 0 fully saturated rings. The minimum Gasteiger partial charge on any atom is -0.469 e. The van der Waals surface area contributed by atoms with Gasteiger partial charge in [-0.2, -0.15) is 0 Å². The third-order valence-corrected chi connectivity index (χ3v) is 1.88. The van der Waals surface area contributed by atoms with Gasteiger partial charge in [0.2, 0.25) is 0 Å². The van der Waals surface area contributed by atoms with Gasteiger partial charge in [0.25, 0.3) is 0 Å². The van der Waals surface area contributed by atoms with Gasteiger partial charge in [0, 0.05) is 6.42 Å². The molecule has 0 saturated heterocycles. The van der Waals surface area contributed by atoms with Crippen LogP contribution in [0, 0.1) is 5.92 Å². The molecular weight excluding hydrogens is 172 g/mol. The molecule has 1 aromatic heterocycles. The lowest BCUT2D eigenvalue weighted by Gasteiger charge is -2.13. The number of rotatable bonds is 4. The number of aliphatic hydroxyl groups is 2. The molecule has 4 heteroatoms. The van der Waals surface area contributed by atoms with Crippen LogP contribution in [0.15, 0.2) is 22.8 Å². The second-order valence-corrected chi connectivity index (χ2v) is 2.91. The predicted molar refractivity (Wildman–Crippen MR) is 44.8 cm³/mol. The molecule has 1 aromatic rings. The average Bonchev–Trinajstić information content (AvgIpc) is 2.50. The van der Waals surface area contributed by atoms with Crippen LogP contribution in [0.4, 0.5) is 0 Å². The summed E-state index contributed by atoms with van der Waals surface area (Å²) in [5, 5.41) is 17.7. The highest BCUT2D eigenvalue weighted by Crippen LogP contribution is 2.12. The molecule has 0 aliphatic carbocycles. The predicted octanol–water partition coefficient (Wildman–Crippen LogP) is 0.338. The number of hydrogen-bond donors (Lipinski definition) is 2. The smallest absolute Gasteiger partial charge is 0.161 e. The fraction of sp³-hybridized carbons (Fsp3) is 0.444. The molecule has 1 unspecified atom stereocenters. The van der Waals surface area contributed by atoms with E-state index in [2.05, 4.69) is 0 Å². The Morgan fingerprint density at radius 3 is 2.69 bits per heavy atom. The molecule has 72 valence electrons. The zero-order valence-electron chi connectivity index (χ0n) is 7.30. The van der Waals surface area contributed by atoms with Crippen molar-refractivity contribution in [2.45, 2.75) is 19.6 Å². The maximum Gasteiger partial charge on any atom is 0.161 e. The Labute approximate surface area is 75.8 Å². The first-order valence-corrected chi connectivity index (χ1v) is 4.00. The minimum absolute atomic E-state index is 0.222. The molecule has 0 spiro atoms. The van der Waals surface area contributed by atoms with Crippen molar-refractivity contribution in [3.8, 4) is 0 Å². The van der Waals surface area contributed by atoms with Crippen LogP contribution in [-0.4, -0.2) is 22.3 Å². The summed E-state index contributed by atoms with van der Waals surface area (Å²) >= 11 is 0. The van der Waals surface area contributed by atoms with Gasteiger partial charge in [-0.1, -0.05) is 0 Å². The van der Waals surface area contributed by atoms with Crippen LogP contribution in [0.3, 0.4) is 0 Å². The van der Waals surface area contributed by atoms with E-state index < -0.39 is 12.2 Å². The van der Waals surface area contributed by atoms with E-state index in [-0.39, 0.29) is 12.2 Å². The maximum absolute atomic E-state index is 10.9. The summed E-state index contributed by atoms with van der Waals surface area (Å²) in [6.07, 6.45) is 0.0821.